The molecule has 1 aliphatic carbocycles. The summed E-state index contributed by atoms with van der Waals surface area (Å²) in [7, 11) is 0. The van der Waals surface area contributed by atoms with Crippen molar-refractivity contribution in [3.8, 4) is 0 Å². The minimum absolute atomic E-state index is 0.0340. The second-order valence-electron chi connectivity index (χ2n) is 8.10. The van der Waals surface area contributed by atoms with Gasteiger partial charge in [0.15, 0.2) is 11.1 Å². The minimum atomic E-state index is -2.01. The van der Waals surface area contributed by atoms with Crippen LogP contribution in [0.1, 0.15) is 49.5 Å². The number of nitrogens with one attached hydrogen (secondary N) is 2. The molecule has 2 atom stereocenters. The van der Waals surface area contributed by atoms with Crippen LogP contribution in [0.25, 0.3) is 11.0 Å². The van der Waals surface area contributed by atoms with Gasteiger partial charge in [0.1, 0.15) is 11.3 Å². The van der Waals surface area contributed by atoms with E-state index < -0.39 is 11.1 Å². The van der Waals surface area contributed by atoms with Gasteiger partial charge in [-0.1, -0.05) is 19.3 Å². The Kier molecular flexibility index (Phi) is 4.59. The molecule has 1 saturated carbocycles. The fraction of sp³-hybridized carbons (Fsp3) is 0.381. The third-order valence-corrected chi connectivity index (χ3v) is 7.08. The van der Waals surface area contributed by atoms with Crippen LogP contribution in [0, 0.1) is 0 Å². The second kappa shape index (κ2) is 7.17. The summed E-state index contributed by atoms with van der Waals surface area (Å²) in [4.78, 5) is 22.2. The van der Waals surface area contributed by atoms with E-state index in [0.717, 1.165) is 36.7 Å². The van der Waals surface area contributed by atoms with Gasteiger partial charge in [-0.05, 0) is 50.1 Å². The molecule has 2 unspecified atom stereocenters. The monoisotopic (exact) mass is 425 g/mol. The van der Waals surface area contributed by atoms with Gasteiger partial charge in [0.2, 0.25) is 5.95 Å². The minimum Gasteiger partial charge on any atom is -0.346 e. The average Bonchev–Trinajstić information content (AvgIpc) is 3.14. The molecular formula is C21H23N5O3S. The fourth-order valence-electron chi connectivity index (χ4n) is 4.87. The molecule has 0 radical (unpaired) electrons. The van der Waals surface area contributed by atoms with Crippen LogP contribution in [0.2, 0.25) is 0 Å². The molecule has 5 rings (SSSR count). The van der Waals surface area contributed by atoms with Crippen LogP contribution in [0.15, 0.2) is 41.4 Å². The van der Waals surface area contributed by atoms with Crippen LogP contribution in [-0.4, -0.2) is 35.2 Å². The number of aromatic nitrogens is 3. The highest BCUT2D eigenvalue weighted by Crippen LogP contribution is 2.43. The molecule has 9 heteroatoms. The van der Waals surface area contributed by atoms with Crippen molar-refractivity contribution >= 4 is 39.7 Å². The largest absolute Gasteiger partial charge is 0.346 e. The number of fused-ring (bicyclic) bond motifs is 4. The lowest BCUT2D eigenvalue weighted by Crippen LogP contribution is -2.58. The van der Waals surface area contributed by atoms with E-state index in [1.54, 1.807) is 30.5 Å². The fourth-order valence-corrected chi connectivity index (χ4v) is 5.24. The Morgan fingerprint density at radius 1 is 1.23 bits per heavy atom. The molecule has 0 saturated heterocycles. The molecule has 8 nitrogen and oxygen atoms in total. The summed E-state index contributed by atoms with van der Waals surface area (Å²) in [6.07, 6.45) is 7.24. The standard InChI is InChI=1S/C21H23N5O3S/c1-13-21(9-3-2-4-10-21)26-17(19(27)23-13)11-14-12-22-20(25-18(14)26)24-15-5-7-16(8-6-15)30(28)29/h5-8,11-13H,2-4,9-10H2,1H3,(H,23,27)(H,28,29)(H,22,24,25). The molecule has 1 amide bonds. The number of carbonyl (C=O) groups is 1. The molecule has 1 aromatic carbocycles. The summed E-state index contributed by atoms with van der Waals surface area (Å²) in [5, 5.41) is 7.16. The topological polar surface area (TPSA) is 109 Å². The highest BCUT2D eigenvalue weighted by atomic mass is 32.2. The van der Waals surface area contributed by atoms with E-state index >= 15 is 0 Å². The van der Waals surface area contributed by atoms with Gasteiger partial charge in [-0.15, -0.1) is 0 Å². The molecule has 3 aromatic rings. The number of amides is 1. The number of rotatable bonds is 3. The Morgan fingerprint density at radius 3 is 2.67 bits per heavy atom. The normalized spacial score (nSPS) is 21.3. The first-order valence-corrected chi connectivity index (χ1v) is 11.3. The van der Waals surface area contributed by atoms with Crippen molar-refractivity contribution in [1.82, 2.24) is 19.9 Å². The number of hydrogen-bond acceptors (Lipinski definition) is 5. The summed E-state index contributed by atoms with van der Waals surface area (Å²) >= 11 is -2.01. The number of nitrogens with zero attached hydrogens (tertiary/aromatic N) is 3. The van der Waals surface area contributed by atoms with Gasteiger partial charge >= 0.3 is 0 Å². The van der Waals surface area contributed by atoms with E-state index in [0.29, 0.717) is 22.2 Å². The Morgan fingerprint density at radius 2 is 1.97 bits per heavy atom. The van der Waals surface area contributed by atoms with E-state index in [9.17, 15) is 9.00 Å². The van der Waals surface area contributed by atoms with Crippen LogP contribution in [0.4, 0.5) is 11.6 Å². The molecule has 1 fully saturated rings. The first-order chi connectivity index (χ1) is 14.5. The maximum Gasteiger partial charge on any atom is 0.268 e. The predicted octanol–water partition coefficient (Wildman–Crippen LogP) is 3.55. The highest BCUT2D eigenvalue weighted by molar-refractivity contribution is 7.79. The smallest absolute Gasteiger partial charge is 0.268 e. The lowest BCUT2D eigenvalue weighted by molar-refractivity contribution is 0.0724. The molecule has 3 N–H and O–H groups in total. The van der Waals surface area contributed by atoms with Crippen molar-refractivity contribution < 1.29 is 13.6 Å². The molecular weight excluding hydrogens is 402 g/mol. The lowest BCUT2D eigenvalue weighted by Gasteiger charge is -2.47. The summed E-state index contributed by atoms with van der Waals surface area (Å²) in [6, 6.07) is 8.50. The maximum absolute atomic E-state index is 12.7. The predicted molar refractivity (Wildman–Crippen MR) is 114 cm³/mol. The number of hydrogen-bond donors (Lipinski definition) is 3. The quantitative estimate of drug-likeness (QED) is 0.554. The van der Waals surface area contributed by atoms with Crippen LogP contribution in [0.3, 0.4) is 0 Å². The molecule has 3 heterocycles. The summed E-state index contributed by atoms with van der Waals surface area (Å²) in [5.74, 6) is 0.352. The van der Waals surface area contributed by atoms with Gasteiger partial charge in [0, 0.05) is 23.3 Å². The molecule has 2 aliphatic rings. The molecule has 1 aliphatic heterocycles. The Labute approximate surface area is 176 Å². The zero-order valence-corrected chi connectivity index (χ0v) is 17.4. The van der Waals surface area contributed by atoms with E-state index in [4.69, 9.17) is 9.54 Å². The third-order valence-electron chi connectivity index (χ3n) is 6.40. The molecule has 156 valence electrons. The Hall–Kier alpha value is -2.78. The van der Waals surface area contributed by atoms with Crippen LogP contribution in [0.5, 0.6) is 0 Å². The van der Waals surface area contributed by atoms with Crippen molar-refractivity contribution in [2.75, 3.05) is 5.32 Å². The Bertz CT molecular complexity index is 1150. The van der Waals surface area contributed by atoms with Crippen molar-refractivity contribution in [2.24, 2.45) is 0 Å². The van der Waals surface area contributed by atoms with Crippen LogP contribution in [-0.2, 0) is 16.6 Å². The van der Waals surface area contributed by atoms with Crippen molar-refractivity contribution in [1.29, 1.82) is 0 Å². The second-order valence-corrected chi connectivity index (χ2v) is 9.07. The first kappa shape index (κ1) is 19.2. The first-order valence-electron chi connectivity index (χ1n) is 10.2. The summed E-state index contributed by atoms with van der Waals surface area (Å²) in [5.41, 5.74) is 1.96. The maximum atomic E-state index is 12.7. The SMILES string of the molecule is CC1NC(=O)c2cc3cnc(Nc4ccc(S(=O)O)cc4)nc3n2C12CCCCC2. The van der Waals surface area contributed by atoms with Crippen molar-refractivity contribution in [3.63, 3.8) is 0 Å². The van der Waals surface area contributed by atoms with E-state index in [2.05, 4.69) is 27.1 Å². The zero-order chi connectivity index (χ0) is 20.9. The summed E-state index contributed by atoms with van der Waals surface area (Å²) < 4.78 is 22.5. The number of carbonyl (C=O) groups excluding carboxylic acids is 1. The third kappa shape index (κ3) is 3.00. The van der Waals surface area contributed by atoms with E-state index in [-0.39, 0.29) is 17.5 Å². The van der Waals surface area contributed by atoms with Gasteiger partial charge in [0.05, 0.1) is 10.4 Å². The number of benzene rings is 1. The average molecular weight is 426 g/mol. The summed E-state index contributed by atoms with van der Waals surface area (Å²) in [6.45, 7) is 2.09. The Balaban J connectivity index is 1.58. The van der Waals surface area contributed by atoms with Crippen LogP contribution < -0.4 is 10.6 Å². The molecule has 1 spiro atoms. The van der Waals surface area contributed by atoms with Crippen molar-refractivity contribution in [3.05, 3.63) is 42.2 Å². The highest BCUT2D eigenvalue weighted by Gasteiger charge is 2.46. The lowest BCUT2D eigenvalue weighted by atomic mass is 9.75. The molecule has 2 aromatic heterocycles. The van der Waals surface area contributed by atoms with E-state index in [1.165, 1.54) is 6.42 Å². The molecule has 0 bridgehead atoms. The molecule has 30 heavy (non-hydrogen) atoms. The van der Waals surface area contributed by atoms with Gasteiger partial charge in [0.25, 0.3) is 5.91 Å². The zero-order valence-electron chi connectivity index (χ0n) is 16.6. The van der Waals surface area contributed by atoms with E-state index in [1.807, 2.05) is 6.07 Å². The van der Waals surface area contributed by atoms with Gasteiger partial charge < -0.3 is 19.8 Å². The number of anilines is 2. The van der Waals surface area contributed by atoms with Gasteiger partial charge in [-0.25, -0.2) is 9.19 Å². The van der Waals surface area contributed by atoms with Crippen LogP contribution >= 0.6 is 0 Å². The van der Waals surface area contributed by atoms with Gasteiger partial charge in [-0.3, -0.25) is 4.79 Å². The van der Waals surface area contributed by atoms with Gasteiger partial charge in [-0.2, -0.15) is 4.98 Å². The van der Waals surface area contributed by atoms with Crippen molar-refractivity contribution in [2.45, 2.75) is 55.5 Å².